The molecule has 1 aliphatic rings. The van der Waals surface area contributed by atoms with Crippen LogP contribution in [0.4, 0.5) is 5.95 Å². The molecule has 4 rings (SSSR count). The van der Waals surface area contributed by atoms with Gasteiger partial charge in [-0.1, -0.05) is 24.3 Å². The number of hydrogen-bond donors (Lipinski definition) is 0. The highest BCUT2D eigenvalue weighted by Crippen LogP contribution is 2.27. The number of ether oxygens (including phenoxy) is 2. The lowest BCUT2D eigenvalue weighted by Crippen LogP contribution is -2.41. The Balaban J connectivity index is 1.40. The third-order valence-corrected chi connectivity index (χ3v) is 4.59. The van der Waals surface area contributed by atoms with E-state index in [2.05, 4.69) is 9.97 Å². The van der Waals surface area contributed by atoms with Crippen LogP contribution in [0.25, 0.3) is 0 Å². The van der Waals surface area contributed by atoms with Crippen molar-refractivity contribution >= 4 is 11.9 Å². The van der Waals surface area contributed by atoms with Gasteiger partial charge >= 0.3 is 5.97 Å². The van der Waals surface area contributed by atoms with Crippen molar-refractivity contribution in [3.63, 3.8) is 0 Å². The van der Waals surface area contributed by atoms with Gasteiger partial charge in [0, 0.05) is 31.5 Å². The number of rotatable bonds is 5. The Bertz CT molecular complexity index is 919. The largest absolute Gasteiger partial charge is 0.457 e. The van der Waals surface area contributed by atoms with Gasteiger partial charge < -0.3 is 14.4 Å². The van der Waals surface area contributed by atoms with E-state index in [1.807, 2.05) is 47.4 Å². The Morgan fingerprint density at radius 3 is 2.50 bits per heavy atom. The van der Waals surface area contributed by atoms with Gasteiger partial charge in [0.15, 0.2) is 0 Å². The summed E-state index contributed by atoms with van der Waals surface area (Å²) in [6.07, 6.45) is 5.11. The van der Waals surface area contributed by atoms with Crippen LogP contribution in [-0.4, -0.2) is 29.0 Å². The fourth-order valence-electron chi connectivity index (χ4n) is 3.23. The molecule has 142 valence electrons. The number of carbonyl (C=O) groups is 1. The Morgan fingerprint density at radius 1 is 0.929 bits per heavy atom. The van der Waals surface area contributed by atoms with E-state index < -0.39 is 0 Å². The summed E-state index contributed by atoms with van der Waals surface area (Å²) in [6.45, 7) is 1.40. The first-order valence-electron chi connectivity index (χ1n) is 9.34. The predicted molar refractivity (Wildman–Crippen MR) is 106 cm³/mol. The summed E-state index contributed by atoms with van der Waals surface area (Å²) >= 11 is 0. The summed E-state index contributed by atoms with van der Waals surface area (Å²) in [4.78, 5) is 23.3. The molecule has 0 radical (unpaired) electrons. The van der Waals surface area contributed by atoms with Gasteiger partial charge in [-0.05, 0) is 43.2 Å². The van der Waals surface area contributed by atoms with Crippen molar-refractivity contribution in [2.45, 2.75) is 12.8 Å². The standard InChI is InChI=1S/C22H21N3O3/c26-21(17-7-5-14-25(16-17)22-23-12-6-13-24-22)28-20-11-4-10-19(15-20)27-18-8-2-1-3-9-18/h1-4,6,8-13,15,17H,5,7,14,16H2/t17-/m1/s1. The second-order valence-electron chi connectivity index (χ2n) is 6.65. The lowest BCUT2D eigenvalue weighted by molar-refractivity contribution is -0.139. The van der Waals surface area contributed by atoms with E-state index in [4.69, 9.17) is 9.47 Å². The number of piperidine rings is 1. The Morgan fingerprint density at radius 2 is 1.68 bits per heavy atom. The van der Waals surface area contributed by atoms with Gasteiger partial charge in [-0.2, -0.15) is 0 Å². The molecule has 0 aliphatic carbocycles. The van der Waals surface area contributed by atoms with E-state index in [1.54, 1.807) is 30.6 Å². The first-order chi connectivity index (χ1) is 13.8. The van der Waals surface area contributed by atoms with Crippen LogP contribution in [0.15, 0.2) is 73.1 Å². The average Bonchev–Trinajstić information content (AvgIpc) is 2.75. The Kier molecular flexibility index (Phi) is 5.47. The number of nitrogens with zero attached hydrogens (tertiary/aromatic N) is 3. The molecule has 28 heavy (non-hydrogen) atoms. The quantitative estimate of drug-likeness (QED) is 0.494. The van der Waals surface area contributed by atoms with Crippen molar-refractivity contribution in [3.8, 4) is 17.2 Å². The Hall–Kier alpha value is -3.41. The van der Waals surface area contributed by atoms with Crippen LogP contribution in [0.5, 0.6) is 17.2 Å². The topological polar surface area (TPSA) is 64.6 Å². The van der Waals surface area contributed by atoms with Crippen LogP contribution >= 0.6 is 0 Å². The fraction of sp³-hybridized carbons (Fsp3) is 0.227. The molecule has 6 heteroatoms. The van der Waals surface area contributed by atoms with Gasteiger partial charge in [0.1, 0.15) is 17.2 Å². The molecule has 3 aromatic rings. The number of carbonyl (C=O) groups excluding carboxylic acids is 1. The molecule has 0 bridgehead atoms. The molecule has 0 unspecified atom stereocenters. The summed E-state index contributed by atoms with van der Waals surface area (Å²) in [5.74, 6) is 2.04. The first kappa shape index (κ1) is 18.0. The molecule has 1 atom stereocenters. The van der Waals surface area contributed by atoms with Gasteiger partial charge in [0.2, 0.25) is 5.95 Å². The molecule has 1 aliphatic heterocycles. The van der Waals surface area contributed by atoms with Gasteiger partial charge in [0.05, 0.1) is 5.92 Å². The van der Waals surface area contributed by atoms with Crippen LogP contribution in [0.2, 0.25) is 0 Å². The minimum absolute atomic E-state index is 0.212. The van der Waals surface area contributed by atoms with Gasteiger partial charge in [-0.25, -0.2) is 9.97 Å². The molecular weight excluding hydrogens is 354 g/mol. The van der Waals surface area contributed by atoms with E-state index >= 15 is 0 Å². The zero-order valence-corrected chi connectivity index (χ0v) is 15.4. The molecule has 2 heterocycles. The van der Waals surface area contributed by atoms with Crippen molar-refractivity contribution in [1.29, 1.82) is 0 Å². The molecular formula is C22H21N3O3. The zero-order valence-electron chi connectivity index (χ0n) is 15.4. The minimum Gasteiger partial charge on any atom is -0.457 e. The monoisotopic (exact) mass is 375 g/mol. The van der Waals surface area contributed by atoms with E-state index in [-0.39, 0.29) is 11.9 Å². The summed E-state index contributed by atoms with van der Waals surface area (Å²) in [5, 5.41) is 0. The molecule has 0 spiro atoms. The maximum Gasteiger partial charge on any atom is 0.316 e. The second kappa shape index (κ2) is 8.52. The number of benzene rings is 2. The van der Waals surface area contributed by atoms with Gasteiger partial charge in [-0.15, -0.1) is 0 Å². The number of para-hydroxylation sites is 1. The van der Waals surface area contributed by atoms with E-state index in [0.29, 0.717) is 24.0 Å². The summed E-state index contributed by atoms with van der Waals surface area (Å²) in [5.41, 5.74) is 0. The van der Waals surface area contributed by atoms with Crippen molar-refractivity contribution < 1.29 is 14.3 Å². The second-order valence-corrected chi connectivity index (χ2v) is 6.65. The van der Waals surface area contributed by atoms with Gasteiger partial charge in [0.25, 0.3) is 0 Å². The predicted octanol–water partition coefficient (Wildman–Crippen LogP) is 4.09. The fourth-order valence-corrected chi connectivity index (χ4v) is 3.23. The first-order valence-corrected chi connectivity index (χ1v) is 9.34. The van der Waals surface area contributed by atoms with E-state index in [0.717, 1.165) is 25.1 Å². The number of aromatic nitrogens is 2. The van der Waals surface area contributed by atoms with Crippen molar-refractivity contribution in [2.75, 3.05) is 18.0 Å². The molecule has 1 fully saturated rings. The van der Waals surface area contributed by atoms with E-state index in [9.17, 15) is 4.79 Å². The van der Waals surface area contributed by atoms with Crippen LogP contribution in [-0.2, 0) is 4.79 Å². The lowest BCUT2D eigenvalue weighted by Gasteiger charge is -2.31. The number of hydrogen-bond acceptors (Lipinski definition) is 6. The molecule has 1 aromatic heterocycles. The number of anilines is 1. The third-order valence-electron chi connectivity index (χ3n) is 4.59. The molecule has 2 aromatic carbocycles. The van der Waals surface area contributed by atoms with E-state index in [1.165, 1.54) is 0 Å². The van der Waals surface area contributed by atoms with Crippen LogP contribution < -0.4 is 14.4 Å². The van der Waals surface area contributed by atoms with Crippen molar-refractivity contribution in [2.24, 2.45) is 5.92 Å². The lowest BCUT2D eigenvalue weighted by atomic mass is 9.98. The smallest absolute Gasteiger partial charge is 0.316 e. The van der Waals surface area contributed by atoms with Crippen molar-refractivity contribution in [3.05, 3.63) is 73.1 Å². The van der Waals surface area contributed by atoms with Crippen LogP contribution in [0.3, 0.4) is 0 Å². The highest BCUT2D eigenvalue weighted by Gasteiger charge is 2.28. The maximum atomic E-state index is 12.7. The Labute approximate surface area is 163 Å². The summed E-state index contributed by atoms with van der Waals surface area (Å²) < 4.78 is 11.4. The molecule has 6 nitrogen and oxygen atoms in total. The number of esters is 1. The summed E-state index contributed by atoms with van der Waals surface area (Å²) in [6, 6.07) is 18.4. The maximum absolute atomic E-state index is 12.7. The average molecular weight is 375 g/mol. The third kappa shape index (κ3) is 4.46. The minimum atomic E-state index is -0.238. The summed E-state index contributed by atoms with van der Waals surface area (Å²) in [7, 11) is 0. The molecule has 0 saturated carbocycles. The molecule has 1 saturated heterocycles. The van der Waals surface area contributed by atoms with Crippen molar-refractivity contribution in [1.82, 2.24) is 9.97 Å². The molecule has 0 amide bonds. The van der Waals surface area contributed by atoms with Gasteiger partial charge in [-0.3, -0.25) is 4.79 Å². The molecule has 0 N–H and O–H groups in total. The zero-order chi connectivity index (χ0) is 19.2. The normalized spacial score (nSPS) is 16.4. The van der Waals surface area contributed by atoms with Crippen LogP contribution in [0.1, 0.15) is 12.8 Å². The van der Waals surface area contributed by atoms with Crippen LogP contribution in [0, 0.1) is 5.92 Å². The highest BCUT2D eigenvalue weighted by atomic mass is 16.5. The SMILES string of the molecule is O=C(Oc1cccc(Oc2ccccc2)c1)[C@@H]1CCCN(c2ncccn2)C1. The highest BCUT2D eigenvalue weighted by molar-refractivity contribution is 5.76.